The predicted molar refractivity (Wildman–Crippen MR) is 120 cm³/mol. The maximum Gasteiger partial charge on any atom is 0.413 e. The average molecular weight is 500 g/mol. The molecule has 3 heterocycles. The summed E-state index contributed by atoms with van der Waals surface area (Å²) in [5.74, 6) is 0.230. The van der Waals surface area contributed by atoms with Gasteiger partial charge in [-0.25, -0.2) is 27.9 Å². The summed E-state index contributed by atoms with van der Waals surface area (Å²) in [7, 11) is -1.87. The van der Waals surface area contributed by atoms with Crippen LogP contribution in [-0.4, -0.2) is 45.7 Å². The van der Waals surface area contributed by atoms with Crippen molar-refractivity contribution in [2.75, 3.05) is 16.3 Å². The number of amides is 1. The van der Waals surface area contributed by atoms with Crippen LogP contribution in [0.3, 0.4) is 0 Å². The molecule has 0 spiro atoms. The van der Waals surface area contributed by atoms with Gasteiger partial charge in [-0.05, 0) is 32.0 Å². The van der Waals surface area contributed by atoms with Crippen molar-refractivity contribution in [1.29, 1.82) is 0 Å². The van der Waals surface area contributed by atoms with Crippen molar-refractivity contribution < 1.29 is 17.9 Å². The van der Waals surface area contributed by atoms with E-state index < -0.39 is 22.2 Å². The summed E-state index contributed by atoms with van der Waals surface area (Å²) in [5.41, 5.74) is 1.84. The van der Waals surface area contributed by atoms with Gasteiger partial charge in [-0.1, -0.05) is 28.4 Å². The highest BCUT2D eigenvalue weighted by atomic mass is 35.5. The third kappa shape index (κ3) is 5.64. The number of hydrogen-bond donors (Lipinski definition) is 2. The third-order valence-electron chi connectivity index (χ3n) is 4.23. The van der Waals surface area contributed by atoms with E-state index in [2.05, 4.69) is 30.3 Å². The summed E-state index contributed by atoms with van der Waals surface area (Å²) in [5, 5.41) is 11.1. The van der Waals surface area contributed by atoms with E-state index in [1.54, 1.807) is 39.1 Å². The van der Waals surface area contributed by atoms with Crippen LogP contribution in [0.4, 0.5) is 16.3 Å². The summed E-state index contributed by atoms with van der Waals surface area (Å²) in [4.78, 5) is 20.8. The summed E-state index contributed by atoms with van der Waals surface area (Å²) in [6.07, 6.45) is 0.913. The van der Waals surface area contributed by atoms with E-state index >= 15 is 0 Å². The number of pyridine rings is 2. The first-order chi connectivity index (χ1) is 14.9. The molecular formula is C18H19Cl2N7O4S. The third-order valence-corrected chi connectivity index (χ3v) is 5.34. The van der Waals surface area contributed by atoms with Gasteiger partial charge in [0.1, 0.15) is 11.3 Å². The van der Waals surface area contributed by atoms with Crippen molar-refractivity contribution in [1.82, 2.24) is 25.0 Å². The smallest absolute Gasteiger partial charge is 0.413 e. The molecular weight excluding hydrogens is 481 g/mol. The number of ether oxygens (including phenoxy) is 1. The molecule has 0 aliphatic carbocycles. The summed E-state index contributed by atoms with van der Waals surface area (Å²) in [6, 6.07) is 4.66. The molecule has 1 atom stereocenters. The Balaban J connectivity index is 1.81. The van der Waals surface area contributed by atoms with Gasteiger partial charge in [0.05, 0.1) is 28.4 Å². The molecule has 170 valence electrons. The topological polar surface area (TPSA) is 141 Å². The highest BCUT2D eigenvalue weighted by Crippen LogP contribution is 2.29. The van der Waals surface area contributed by atoms with Crippen LogP contribution in [-0.2, 0) is 21.8 Å². The Morgan fingerprint density at radius 1 is 1.28 bits per heavy atom. The quantitative estimate of drug-likeness (QED) is 0.490. The van der Waals surface area contributed by atoms with Crippen molar-refractivity contribution in [3.05, 3.63) is 45.8 Å². The first-order valence-corrected chi connectivity index (χ1v) is 11.7. The fourth-order valence-electron chi connectivity index (χ4n) is 2.74. The molecule has 0 bridgehead atoms. The van der Waals surface area contributed by atoms with Crippen molar-refractivity contribution in [3.63, 3.8) is 0 Å². The molecule has 0 saturated carbocycles. The Kier molecular flexibility index (Phi) is 6.86. The summed E-state index contributed by atoms with van der Waals surface area (Å²) in [6.45, 7) is 3.26. The van der Waals surface area contributed by atoms with E-state index in [1.807, 2.05) is 0 Å². The SMILES string of the molecule is Cc1nc(-c2nnn(C)c2NC(=O)OC(C)c2cc(Cl)cnc2Cl)ccc1NS(C)(=O)=O. The second-order valence-corrected chi connectivity index (χ2v) is 9.36. The molecule has 0 saturated heterocycles. The maximum atomic E-state index is 12.5. The number of rotatable bonds is 6. The number of carbonyl (C=O) groups excluding carboxylic acids is 1. The van der Waals surface area contributed by atoms with Crippen LogP contribution in [0.5, 0.6) is 0 Å². The maximum absolute atomic E-state index is 12.5. The number of halogens is 2. The average Bonchev–Trinajstić information content (AvgIpc) is 3.04. The van der Waals surface area contributed by atoms with Crippen LogP contribution < -0.4 is 10.0 Å². The standard InChI is InChI=1S/C18H19Cl2N7O4S/c1-9-13(25-32(4,29)30)5-6-14(22-9)15-17(27(3)26-24-15)23-18(28)31-10(2)12-7-11(19)8-21-16(12)20/h5-8,10,25H,1-4H3,(H,23,28). The molecule has 2 N–H and O–H groups in total. The lowest BCUT2D eigenvalue weighted by Crippen LogP contribution is -2.18. The Bertz CT molecular complexity index is 1280. The minimum absolute atomic E-state index is 0.167. The molecule has 32 heavy (non-hydrogen) atoms. The number of aromatic nitrogens is 5. The molecule has 3 aromatic heterocycles. The van der Waals surface area contributed by atoms with Crippen molar-refractivity contribution in [2.45, 2.75) is 20.0 Å². The zero-order valence-electron chi connectivity index (χ0n) is 17.4. The van der Waals surface area contributed by atoms with Gasteiger partial charge < -0.3 is 4.74 Å². The molecule has 14 heteroatoms. The fraction of sp³-hybridized carbons (Fsp3) is 0.278. The second kappa shape index (κ2) is 9.27. The Morgan fingerprint density at radius 3 is 2.66 bits per heavy atom. The van der Waals surface area contributed by atoms with Gasteiger partial charge in [-0.3, -0.25) is 10.0 Å². The van der Waals surface area contributed by atoms with Gasteiger partial charge in [0.15, 0.2) is 11.5 Å². The molecule has 0 aliphatic heterocycles. The zero-order valence-corrected chi connectivity index (χ0v) is 19.7. The Labute approximate surface area is 194 Å². The number of nitrogens with zero attached hydrogens (tertiary/aromatic N) is 5. The molecule has 3 aromatic rings. The first kappa shape index (κ1) is 23.7. The number of hydrogen-bond acceptors (Lipinski definition) is 8. The van der Waals surface area contributed by atoms with Gasteiger partial charge in [-0.2, -0.15) is 0 Å². The fourth-order valence-corrected chi connectivity index (χ4v) is 3.78. The van der Waals surface area contributed by atoms with Gasteiger partial charge in [0.2, 0.25) is 10.0 Å². The van der Waals surface area contributed by atoms with E-state index in [0.29, 0.717) is 27.7 Å². The predicted octanol–water partition coefficient (Wildman–Crippen LogP) is 3.57. The molecule has 0 aliphatic rings. The largest absolute Gasteiger partial charge is 0.441 e. The number of carbonyl (C=O) groups is 1. The second-order valence-electron chi connectivity index (χ2n) is 6.82. The Hall–Kier alpha value is -2.96. The highest BCUT2D eigenvalue weighted by Gasteiger charge is 2.21. The van der Waals surface area contributed by atoms with Crippen LogP contribution in [0.2, 0.25) is 10.2 Å². The number of aryl methyl sites for hydroxylation is 2. The number of anilines is 2. The lowest BCUT2D eigenvalue weighted by Gasteiger charge is -2.15. The van der Waals surface area contributed by atoms with Crippen LogP contribution in [0, 0.1) is 6.92 Å². The van der Waals surface area contributed by atoms with Crippen molar-refractivity contribution >= 4 is 50.8 Å². The van der Waals surface area contributed by atoms with E-state index in [-0.39, 0.29) is 16.7 Å². The van der Waals surface area contributed by atoms with Gasteiger partial charge in [0.25, 0.3) is 0 Å². The minimum atomic E-state index is -3.46. The highest BCUT2D eigenvalue weighted by molar-refractivity contribution is 7.92. The van der Waals surface area contributed by atoms with Gasteiger partial charge in [0, 0.05) is 18.8 Å². The summed E-state index contributed by atoms with van der Waals surface area (Å²) >= 11 is 12.0. The molecule has 1 amide bonds. The molecule has 0 aromatic carbocycles. The van der Waals surface area contributed by atoms with Gasteiger partial charge >= 0.3 is 6.09 Å². The number of sulfonamides is 1. The minimum Gasteiger partial charge on any atom is -0.441 e. The Morgan fingerprint density at radius 2 is 2.00 bits per heavy atom. The zero-order chi connectivity index (χ0) is 23.6. The lowest BCUT2D eigenvalue weighted by molar-refractivity contribution is 0.121. The molecule has 0 radical (unpaired) electrons. The van der Waals surface area contributed by atoms with Crippen LogP contribution in [0.15, 0.2) is 24.4 Å². The lowest BCUT2D eigenvalue weighted by atomic mass is 10.2. The molecule has 11 nitrogen and oxygen atoms in total. The normalized spacial score (nSPS) is 12.3. The summed E-state index contributed by atoms with van der Waals surface area (Å²) < 4.78 is 32.1. The monoisotopic (exact) mass is 499 g/mol. The van der Waals surface area contributed by atoms with Crippen molar-refractivity contribution in [3.8, 4) is 11.4 Å². The molecule has 1 unspecified atom stereocenters. The van der Waals surface area contributed by atoms with E-state index in [1.165, 1.54) is 10.9 Å². The first-order valence-electron chi connectivity index (χ1n) is 9.08. The van der Waals surface area contributed by atoms with Crippen LogP contribution in [0.25, 0.3) is 11.4 Å². The van der Waals surface area contributed by atoms with Crippen LogP contribution in [0.1, 0.15) is 24.3 Å². The van der Waals surface area contributed by atoms with E-state index in [0.717, 1.165) is 6.26 Å². The molecule has 0 fully saturated rings. The van der Waals surface area contributed by atoms with Gasteiger partial charge in [-0.15, -0.1) is 5.10 Å². The van der Waals surface area contributed by atoms with Crippen molar-refractivity contribution in [2.24, 2.45) is 7.05 Å². The van der Waals surface area contributed by atoms with E-state index in [9.17, 15) is 13.2 Å². The van der Waals surface area contributed by atoms with E-state index in [4.69, 9.17) is 27.9 Å². The molecule has 3 rings (SSSR count). The number of nitrogens with one attached hydrogen (secondary N) is 2. The van der Waals surface area contributed by atoms with Crippen LogP contribution >= 0.6 is 23.2 Å².